The molecule has 1 saturated heterocycles. The molecule has 2 heterocycles. The summed E-state index contributed by atoms with van der Waals surface area (Å²) in [7, 11) is -0.443. The van der Waals surface area contributed by atoms with Gasteiger partial charge in [-0.1, -0.05) is 0 Å². The van der Waals surface area contributed by atoms with Crippen LogP contribution in [0.15, 0.2) is 109 Å². The summed E-state index contributed by atoms with van der Waals surface area (Å²) in [5.74, 6) is 0.390. The standard InChI is InChI=1S/C44H53N2O4Si.3C4H9.Sn/c1-9-49-43(47)39-29-45(40-25-34(26-41(48-8)42(39)40)30-50-51(31(2)3,32(4)5)33(6)7)27-38-28-46(38)44(35-19-13-10-14-20-35,36-21-15-11-16-22-36)37-23-17-12-18-24-37;3*1-3-4-2;/h10-26,28-29,31-33,38H,9,27,30H2,1-8H3;3*1,3-4H2,2H3;/t38-,46?;;;;/m0..../s1. The van der Waals surface area contributed by atoms with E-state index in [-0.39, 0.29) is 12.0 Å². The first-order valence-corrected chi connectivity index (χ1v) is 34.7. The van der Waals surface area contributed by atoms with Crippen molar-refractivity contribution in [1.82, 2.24) is 9.47 Å². The SMILES string of the molecule is CCC[CH2][Sn]([CH2]CCC)([CH2]CCC)[C@@H]1[C@H](Cn2cc(C(=O)OCC)c3c(OC)cc(CO[Si](C(C)C)(C(C)C)C(C)C)cc32)N1C(c1ccccc1)(c1ccccc1)c1ccccc1. The number of aromatic nitrogens is 1. The Labute approximate surface area is 392 Å². The minimum atomic E-state index is -3.11. The van der Waals surface area contributed by atoms with Crippen LogP contribution >= 0.6 is 0 Å². The summed E-state index contributed by atoms with van der Waals surface area (Å²) >= 11 is -3.11. The van der Waals surface area contributed by atoms with Crippen LogP contribution < -0.4 is 4.74 Å². The second-order valence-corrected chi connectivity index (χ2v) is 38.8. The molecule has 0 aliphatic carbocycles. The van der Waals surface area contributed by atoms with Gasteiger partial charge in [0, 0.05) is 0 Å². The van der Waals surface area contributed by atoms with Gasteiger partial charge in [-0.3, -0.25) is 0 Å². The van der Waals surface area contributed by atoms with Gasteiger partial charge in [0.15, 0.2) is 0 Å². The third-order valence-corrected chi connectivity index (χ3v) is 38.0. The first-order valence-electron chi connectivity index (χ1n) is 24.9. The van der Waals surface area contributed by atoms with Crippen LogP contribution in [0, 0.1) is 0 Å². The van der Waals surface area contributed by atoms with Crippen molar-refractivity contribution in [3.63, 3.8) is 0 Å². The second kappa shape index (κ2) is 22.4. The van der Waals surface area contributed by atoms with E-state index in [4.69, 9.17) is 13.9 Å². The molecule has 1 unspecified atom stereocenters. The average Bonchev–Trinajstić information content (AvgIpc) is 3.90. The molecule has 5 aromatic rings. The van der Waals surface area contributed by atoms with E-state index in [0.717, 1.165) is 23.0 Å². The van der Waals surface area contributed by atoms with E-state index in [0.29, 0.717) is 45.2 Å². The number of carbonyl (C=O) groups excluding carboxylic acids is 1. The Balaban J connectivity index is 1.63. The summed E-state index contributed by atoms with van der Waals surface area (Å²) in [4.78, 5) is 17.1. The third-order valence-electron chi connectivity index (χ3n) is 14.9. The van der Waals surface area contributed by atoms with Crippen LogP contribution in [-0.4, -0.2) is 65.9 Å². The molecular formula is C56H80N2O4SiSn. The molecule has 1 fully saturated rings. The number of ether oxygens (including phenoxy) is 2. The zero-order valence-corrected chi connectivity index (χ0v) is 45.1. The molecule has 0 spiro atoms. The van der Waals surface area contributed by atoms with Gasteiger partial charge in [-0.2, -0.15) is 0 Å². The van der Waals surface area contributed by atoms with Gasteiger partial charge < -0.3 is 0 Å². The third kappa shape index (κ3) is 9.84. The first-order chi connectivity index (χ1) is 30.9. The normalized spacial score (nSPS) is 16.9. The predicted molar refractivity (Wildman–Crippen MR) is 274 cm³/mol. The van der Waals surface area contributed by atoms with Gasteiger partial charge in [-0.05, 0) is 0 Å². The Kier molecular flexibility index (Phi) is 17.5. The van der Waals surface area contributed by atoms with E-state index in [9.17, 15) is 4.79 Å². The van der Waals surface area contributed by atoms with Crippen molar-refractivity contribution in [1.29, 1.82) is 0 Å². The molecule has 4 aromatic carbocycles. The van der Waals surface area contributed by atoms with E-state index in [2.05, 4.69) is 181 Å². The zero-order chi connectivity index (χ0) is 46.1. The summed E-state index contributed by atoms with van der Waals surface area (Å²) in [6, 6.07) is 38.6. The van der Waals surface area contributed by atoms with Crippen molar-refractivity contribution < 1.29 is 18.7 Å². The maximum absolute atomic E-state index is 14.1. The number of hydrogen-bond acceptors (Lipinski definition) is 5. The molecule has 8 heteroatoms. The Morgan fingerprint density at radius 2 is 1.17 bits per heavy atom. The van der Waals surface area contributed by atoms with Gasteiger partial charge >= 0.3 is 395 Å². The number of benzene rings is 4. The Morgan fingerprint density at radius 3 is 1.58 bits per heavy atom. The fourth-order valence-corrected chi connectivity index (χ4v) is 36.9. The summed E-state index contributed by atoms with van der Waals surface area (Å²) in [5.41, 5.74) is 7.46. The molecule has 1 aliphatic rings. The minimum absolute atomic E-state index is 0.237. The molecule has 1 aromatic heterocycles. The van der Waals surface area contributed by atoms with Crippen LogP contribution in [0.3, 0.4) is 0 Å². The summed E-state index contributed by atoms with van der Waals surface area (Å²) in [5, 5.41) is 0.826. The molecule has 1 aliphatic heterocycles. The molecule has 6 rings (SSSR count). The fourth-order valence-electron chi connectivity index (χ4n) is 12.1. The Bertz CT molecular complexity index is 2080. The Morgan fingerprint density at radius 1 is 0.703 bits per heavy atom. The summed E-state index contributed by atoms with van der Waals surface area (Å²) in [6.45, 7) is 24.7. The molecule has 0 saturated carbocycles. The average molecular weight is 992 g/mol. The van der Waals surface area contributed by atoms with Crippen LogP contribution in [0.2, 0.25) is 29.9 Å². The van der Waals surface area contributed by atoms with Crippen molar-refractivity contribution in [2.75, 3.05) is 13.7 Å². The topological polar surface area (TPSA) is 52.7 Å². The van der Waals surface area contributed by atoms with Gasteiger partial charge in [0.25, 0.3) is 0 Å². The van der Waals surface area contributed by atoms with Crippen molar-refractivity contribution in [3.8, 4) is 5.75 Å². The number of carbonyl (C=O) groups is 1. The number of fused-ring (bicyclic) bond motifs is 1. The molecular weight excluding hydrogens is 911 g/mol. The van der Waals surface area contributed by atoms with Gasteiger partial charge in [0.05, 0.1) is 0 Å². The number of methoxy groups -OCH3 is 1. The van der Waals surface area contributed by atoms with Crippen LogP contribution in [0.4, 0.5) is 0 Å². The zero-order valence-electron chi connectivity index (χ0n) is 41.3. The van der Waals surface area contributed by atoms with Crippen LogP contribution in [0.25, 0.3) is 10.9 Å². The molecule has 0 bridgehead atoms. The van der Waals surface area contributed by atoms with Gasteiger partial charge in [0.1, 0.15) is 0 Å². The molecule has 64 heavy (non-hydrogen) atoms. The number of esters is 1. The van der Waals surface area contributed by atoms with E-state index in [1.54, 1.807) is 7.11 Å². The molecule has 0 radical (unpaired) electrons. The molecule has 0 N–H and O–H groups in total. The van der Waals surface area contributed by atoms with Crippen molar-refractivity contribution in [2.45, 2.75) is 166 Å². The molecule has 346 valence electrons. The summed E-state index contributed by atoms with van der Waals surface area (Å²) in [6.07, 6.45) is 9.64. The number of nitrogens with zero attached hydrogens (tertiary/aromatic N) is 2. The van der Waals surface area contributed by atoms with E-state index >= 15 is 0 Å². The predicted octanol–water partition coefficient (Wildman–Crippen LogP) is 15.0. The monoisotopic (exact) mass is 992 g/mol. The first kappa shape index (κ1) is 50.0. The van der Waals surface area contributed by atoms with Crippen molar-refractivity contribution in [2.24, 2.45) is 0 Å². The van der Waals surface area contributed by atoms with Crippen LogP contribution in [-0.2, 0) is 27.9 Å². The Hall–Kier alpha value is -3.37. The van der Waals surface area contributed by atoms with E-state index in [1.807, 2.05) is 6.92 Å². The second-order valence-electron chi connectivity index (χ2n) is 19.6. The quantitative estimate of drug-likeness (QED) is 0.0252. The molecule has 0 amide bonds. The summed E-state index contributed by atoms with van der Waals surface area (Å²) < 4.78 is 26.4. The molecule has 6 nitrogen and oxygen atoms in total. The van der Waals surface area contributed by atoms with E-state index < -0.39 is 32.2 Å². The van der Waals surface area contributed by atoms with Crippen LogP contribution in [0.5, 0.6) is 5.75 Å². The van der Waals surface area contributed by atoms with Gasteiger partial charge in [-0.15, -0.1) is 0 Å². The van der Waals surface area contributed by atoms with Crippen molar-refractivity contribution in [3.05, 3.63) is 137 Å². The maximum atomic E-state index is 14.1. The number of unbranched alkanes of at least 4 members (excludes halogenated alkanes) is 3. The number of rotatable bonds is 25. The van der Waals surface area contributed by atoms with Gasteiger partial charge in [0.2, 0.25) is 0 Å². The van der Waals surface area contributed by atoms with Crippen LogP contribution in [0.1, 0.15) is 140 Å². The molecule has 3 atom stereocenters. The fraction of sp³-hybridized carbons (Fsp3) is 0.518. The number of hydrogen-bond donors (Lipinski definition) is 0. The van der Waals surface area contributed by atoms with E-state index in [1.165, 1.54) is 68.5 Å². The van der Waals surface area contributed by atoms with Crippen molar-refractivity contribution >= 4 is 43.6 Å². The van der Waals surface area contributed by atoms with Gasteiger partial charge in [-0.25, -0.2) is 0 Å².